The highest BCUT2D eigenvalue weighted by Gasteiger charge is 2.16. The zero-order valence-corrected chi connectivity index (χ0v) is 18.3. The molecule has 3 N–H and O–H groups in total. The van der Waals surface area contributed by atoms with Crippen LogP contribution in [0.3, 0.4) is 0 Å². The predicted molar refractivity (Wildman–Crippen MR) is 122 cm³/mol. The van der Waals surface area contributed by atoms with Crippen molar-refractivity contribution in [2.75, 3.05) is 44.7 Å². The van der Waals surface area contributed by atoms with Gasteiger partial charge in [-0.05, 0) is 29.8 Å². The number of carbonyl (C=O) groups excluding carboxylic acids is 1. The summed E-state index contributed by atoms with van der Waals surface area (Å²) < 4.78 is 6.35. The van der Waals surface area contributed by atoms with E-state index in [1.54, 1.807) is 12.1 Å². The Kier molecular flexibility index (Phi) is 6.94. The molecule has 8 nitrogen and oxygen atoms in total. The lowest BCUT2D eigenvalue weighted by molar-refractivity contribution is 0.0384. The molecule has 0 spiro atoms. The van der Waals surface area contributed by atoms with E-state index in [9.17, 15) is 9.59 Å². The zero-order chi connectivity index (χ0) is 21.8. The minimum Gasteiger partial charge on any atom is -0.379 e. The van der Waals surface area contributed by atoms with E-state index in [-0.39, 0.29) is 5.02 Å². The summed E-state index contributed by atoms with van der Waals surface area (Å²) in [6.45, 7) is 6.20. The van der Waals surface area contributed by atoms with Crippen molar-refractivity contribution in [1.82, 2.24) is 19.8 Å². The summed E-state index contributed by atoms with van der Waals surface area (Å²) in [5.74, 6) is 0. The first kappa shape index (κ1) is 21.9. The second-order valence-electron chi connectivity index (χ2n) is 7.31. The third-order valence-electron chi connectivity index (χ3n) is 5.17. The topological polar surface area (TPSA) is 91.4 Å². The molecular formula is C21H23Cl2N5O3. The molecular weight excluding hydrogens is 441 g/mol. The van der Waals surface area contributed by atoms with Crippen LogP contribution in [0.4, 0.5) is 10.5 Å². The number of nitrogens with one attached hydrogen (secondary N) is 3. The zero-order valence-electron chi connectivity index (χ0n) is 16.8. The molecule has 1 aromatic heterocycles. The Morgan fingerprint density at radius 1 is 1.10 bits per heavy atom. The van der Waals surface area contributed by atoms with Crippen LogP contribution in [0, 0.1) is 0 Å². The third-order valence-corrected chi connectivity index (χ3v) is 5.89. The highest BCUT2D eigenvalue weighted by molar-refractivity contribution is 6.42. The van der Waals surface area contributed by atoms with Gasteiger partial charge < -0.3 is 20.4 Å². The standard InChI is InChI=1S/C21H23Cl2N5O3/c22-16-11-18-19(12-17(16)23)28(21(30)26-18)20(29)25-15-3-1-14(2-4-15)13-24-5-6-27-7-9-31-10-8-27/h1-4,11-12,24H,5-10,13H2,(H,25,29)(H,26,30). The summed E-state index contributed by atoms with van der Waals surface area (Å²) >= 11 is 12.0. The van der Waals surface area contributed by atoms with Gasteiger partial charge in [-0.15, -0.1) is 0 Å². The minimum absolute atomic E-state index is 0.264. The van der Waals surface area contributed by atoms with Crippen LogP contribution in [-0.4, -0.2) is 59.9 Å². The maximum atomic E-state index is 12.7. The summed E-state index contributed by atoms with van der Waals surface area (Å²) in [4.78, 5) is 29.9. The molecule has 1 saturated heterocycles. The van der Waals surface area contributed by atoms with Gasteiger partial charge in [-0.1, -0.05) is 35.3 Å². The molecule has 0 bridgehead atoms. The molecule has 0 unspecified atom stereocenters. The molecule has 4 rings (SSSR count). The number of ether oxygens (including phenoxy) is 1. The van der Waals surface area contributed by atoms with Crippen molar-refractivity contribution in [2.45, 2.75) is 6.54 Å². The number of rotatable bonds is 6. The largest absolute Gasteiger partial charge is 0.379 e. The fourth-order valence-electron chi connectivity index (χ4n) is 3.48. The van der Waals surface area contributed by atoms with Crippen LogP contribution in [0.25, 0.3) is 11.0 Å². The number of aromatic nitrogens is 2. The van der Waals surface area contributed by atoms with Gasteiger partial charge in [0.2, 0.25) is 0 Å². The van der Waals surface area contributed by atoms with Crippen molar-refractivity contribution in [2.24, 2.45) is 0 Å². The molecule has 0 aliphatic carbocycles. The maximum Gasteiger partial charge on any atom is 0.334 e. The number of carbonyl (C=O) groups is 1. The number of anilines is 1. The highest BCUT2D eigenvalue weighted by Crippen LogP contribution is 2.26. The first-order chi connectivity index (χ1) is 15.0. The second-order valence-corrected chi connectivity index (χ2v) is 8.12. The van der Waals surface area contributed by atoms with Gasteiger partial charge in [0.15, 0.2) is 0 Å². The van der Waals surface area contributed by atoms with Crippen LogP contribution in [0.2, 0.25) is 10.0 Å². The summed E-state index contributed by atoms with van der Waals surface area (Å²) in [6, 6.07) is 9.92. The van der Waals surface area contributed by atoms with Crippen molar-refractivity contribution in [3.05, 3.63) is 62.5 Å². The van der Waals surface area contributed by atoms with Crippen LogP contribution in [0.1, 0.15) is 5.56 Å². The van der Waals surface area contributed by atoms with Gasteiger partial charge in [0.1, 0.15) is 0 Å². The lowest BCUT2D eigenvalue weighted by Gasteiger charge is -2.26. The molecule has 31 heavy (non-hydrogen) atoms. The number of aromatic amines is 1. The number of halogens is 2. The molecule has 10 heteroatoms. The van der Waals surface area contributed by atoms with E-state index < -0.39 is 11.7 Å². The van der Waals surface area contributed by atoms with E-state index in [0.717, 1.165) is 56.1 Å². The molecule has 2 aromatic carbocycles. The van der Waals surface area contributed by atoms with E-state index >= 15 is 0 Å². The van der Waals surface area contributed by atoms with E-state index in [2.05, 4.69) is 20.5 Å². The number of hydrogen-bond acceptors (Lipinski definition) is 5. The number of imidazole rings is 1. The van der Waals surface area contributed by atoms with Gasteiger partial charge in [-0.2, -0.15) is 0 Å². The Hall–Kier alpha value is -2.36. The van der Waals surface area contributed by atoms with Crippen molar-refractivity contribution in [3.8, 4) is 0 Å². The Morgan fingerprint density at radius 3 is 2.55 bits per heavy atom. The van der Waals surface area contributed by atoms with Gasteiger partial charge in [0, 0.05) is 38.4 Å². The van der Waals surface area contributed by atoms with E-state index in [1.165, 1.54) is 12.1 Å². The monoisotopic (exact) mass is 463 g/mol. The molecule has 0 saturated carbocycles. The molecule has 2 heterocycles. The molecule has 1 aliphatic rings. The van der Waals surface area contributed by atoms with Crippen molar-refractivity contribution < 1.29 is 9.53 Å². The van der Waals surface area contributed by atoms with Crippen LogP contribution in [0.5, 0.6) is 0 Å². The van der Waals surface area contributed by atoms with Gasteiger partial charge in [-0.25, -0.2) is 14.2 Å². The number of benzene rings is 2. The lowest BCUT2D eigenvalue weighted by atomic mass is 10.2. The maximum absolute atomic E-state index is 12.7. The molecule has 1 amide bonds. The fraction of sp³-hybridized carbons (Fsp3) is 0.333. The minimum atomic E-state index is -0.578. The van der Waals surface area contributed by atoms with E-state index in [0.29, 0.717) is 21.7 Å². The normalized spacial score (nSPS) is 14.8. The number of amides is 1. The van der Waals surface area contributed by atoms with E-state index in [1.807, 2.05) is 12.1 Å². The quantitative estimate of drug-likeness (QED) is 0.488. The first-order valence-electron chi connectivity index (χ1n) is 10.0. The Morgan fingerprint density at radius 2 is 1.81 bits per heavy atom. The second kappa shape index (κ2) is 9.84. The van der Waals surface area contributed by atoms with Crippen molar-refractivity contribution in [3.63, 3.8) is 0 Å². The lowest BCUT2D eigenvalue weighted by Crippen LogP contribution is -2.40. The predicted octanol–water partition coefficient (Wildman–Crippen LogP) is 3.14. The highest BCUT2D eigenvalue weighted by atomic mass is 35.5. The van der Waals surface area contributed by atoms with Gasteiger partial charge in [-0.3, -0.25) is 4.90 Å². The Labute approximate surface area is 189 Å². The third kappa shape index (κ3) is 5.28. The van der Waals surface area contributed by atoms with Crippen LogP contribution >= 0.6 is 23.2 Å². The number of nitrogens with zero attached hydrogens (tertiary/aromatic N) is 2. The van der Waals surface area contributed by atoms with Crippen LogP contribution in [-0.2, 0) is 11.3 Å². The number of fused-ring (bicyclic) bond motifs is 1. The van der Waals surface area contributed by atoms with Crippen molar-refractivity contribution in [1.29, 1.82) is 0 Å². The molecule has 164 valence electrons. The summed E-state index contributed by atoms with van der Waals surface area (Å²) in [5.41, 5.74) is 1.92. The van der Waals surface area contributed by atoms with Gasteiger partial charge in [0.25, 0.3) is 0 Å². The number of hydrogen-bond donors (Lipinski definition) is 3. The van der Waals surface area contributed by atoms with Gasteiger partial charge >= 0.3 is 11.7 Å². The average Bonchev–Trinajstić information content (AvgIpc) is 3.08. The fourth-order valence-corrected chi connectivity index (χ4v) is 3.81. The number of morpholine rings is 1. The summed E-state index contributed by atoms with van der Waals surface area (Å²) in [5, 5.41) is 6.73. The van der Waals surface area contributed by atoms with Crippen molar-refractivity contribution >= 4 is 46.0 Å². The number of H-pyrrole nitrogens is 1. The molecule has 3 aromatic rings. The first-order valence-corrected chi connectivity index (χ1v) is 10.8. The Bertz CT molecular complexity index is 1120. The average molecular weight is 464 g/mol. The molecule has 1 fully saturated rings. The Balaban J connectivity index is 1.34. The van der Waals surface area contributed by atoms with Crippen LogP contribution in [0.15, 0.2) is 41.2 Å². The summed E-state index contributed by atoms with van der Waals surface area (Å²) in [7, 11) is 0. The summed E-state index contributed by atoms with van der Waals surface area (Å²) in [6.07, 6.45) is 0. The van der Waals surface area contributed by atoms with E-state index in [4.69, 9.17) is 27.9 Å². The SMILES string of the molecule is O=C(Nc1ccc(CNCCN2CCOCC2)cc1)n1c(=O)[nH]c2cc(Cl)c(Cl)cc21. The van der Waals surface area contributed by atoms with Crippen LogP contribution < -0.4 is 16.3 Å². The van der Waals surface area contributed by atoms with Gasteiger partial charge in [0.05, 0.1) is 34.3 Å². The molecule has 1 aliphatic heterocycles. The molecule has 0 radical (unpaired) electrons. The smallest absolute Gasteiger partial charge is 0.334 e. The molecule has 0 atom stereocenters.